The summed E-state index contributed by atoms with van der Waals surface area (Å²) in [4.78, 5) is 0. The monoisotopic (exact) mass is 318 g/mol. The number of hydrogen-bond acceptors (Lipinski definition) is 0. The van der Waals surface area contributed by atoms with Crippen molar-refractivity contribution in [1.82, 2.24) is 0 Å². The quantitative estimate of drug-likeness (QED) is 0.534. The number of hydrogen-bond donors (Lipinski definition) is 0. The highest BCUT2D eigenvalue weighted by Crippen LogP contribution is 2.57. The van der Waals surface area contributed by atoms with Crippen molar-refractivity contribution in [3.63, 3.8) is 0 Å². The van der Waals surface area contributed by atoms with E-state index in [1.54, 1.807) is 11.1 Å². The van der Waals surface area contributed by atoms with Gasteiger partial charge in [-0.25, -0.2) is 0 Å². The van der Waals surface area contributed by atoms with Crippen LogP contribution in [0.1, 0.15) is 88.5 Å². The lowest BCUT2D eigenvalue weighted by molar-refractivity contribution is 0.541. The molecule has 0 amide bonds. The van der Waals surface area contributed by atoms with Gasteiger partial charge in [-0.1, -0.05) is 83.9 Å². The standard InChI is InChI=1S/C24H30/c1-16(2)17-8-10-19-20-11-9-18(23(3,4)5)15-22(20)24(21(19)14-17)12-6-7-13-24/h8-11,14-16H,6-7,12-13H2,1-5H3. The summed E-state index contributed by atoms with van der Waals surface area (Å²) < 4.78 is 0. The van der Waals surface area contributed by atoms with Gasteiger partial charge in [-0.15, -0.1) is 0 Å². The van der Waals surface area contributed by atoms with Crippen LogP contribution < -0.4 is 0 Å². The molecule has 4 rings (SSSR count). The van der Waals surface area contributed by atoms with Gasteiger partial charge in [-0.2, -0.15) is 0 Å². The maximum atomic E-state index is 2.54. The molecule has 0 aliphatic heterocycles. The topological polar surface area (TPSA) is 0 Å². The van der Waals surface area contributed by atoms with Crippen LogP contribution in [-0.4, -0.2) is 0 Å². The van der Waals surface area contributed by atoms with Gasteiger partial charge in [-0.3, -0.25) is 0 Å². The SMILES string of the molecule is CC(C)c1ccc2c(c1)C1(CCCC1)c1cc(C(C)(C)C)ccc1-2. The summed E-state index contributed by atoms with van der Waals surface area (Å²) in [5.41, 5.74) is 9.69. The highest BCUT2D eigenvalue weighted by Gasteiger charge is 2.45. The molecule has 2 aromatic rings. The molecule has 0 unspecified atom stereocenters. The van der Waals surface area contributed by atoms with E-state index >= 15 is 0 Å². The fourth-order valence-electron chi connectivity index (χ4n) is 4.86. The Labute approximate surface area is 147 Å². The van der Waals surface area contributed by atoms with Gasteiger partial charge in [0.05, 0.1) is 0 Å². The fraction of sp³-hybridized carbons (Fsp3) is 0.500. The molecule has 2 aliphatic carbocycles. The van der Waals surface area contributed by atoms with E-state index in [2.05, 4.69) is 71.0 Å². The zero-order valence-corrected chi connectivity index (χ0v) is 15.9. The van der Waals surface area contributed by atoms with E-state index in [4.69, 9.17) is 0 Å². The molecule has 0 bridgehead atoms. The van der Waals surface area contributed by atoms with Crippen molar-refractivity contribution in [2.24, 2.45) is 0 Å². The molecule has 126 valence electrons. The van der Waals surface area contributed by atoms with Gasteiger partial charge >= 0.3 is 0 Å². The lowest BCUT2D eigenvalue weighted by Crippen LogP contribution is -2.22. The number of fused-ring (bicyclic) bond motifs is 5. The fourth-order valence-corrected chi connectivity index (χ4v) is 4.86. The van der Waals surface area contributed by atoms with Crippen molar-refractivity contribution in [1.29, 1.82) is 0 Å². The zero-order valence-electron chi connectivity index (χ0n) is 15.9. The molecule has 2 aromatic carbocycles. The van der Waals surface area contributed by atoms with E-state index in [1.165, 1.54) is 47.9 Å². The summed E-state index contributed by atoms with van der Waals surface area (Å²) in [6.45, 7) is 11.6. The molecule has 1 fully saturated rings. The van der Waals surface area contributed by atoms with Gasteiger partial charge in [0.2, 0.25) is 0 Å². The van der Waals surface area contributed by atoms with Gasteiger partial charge in [-0.05, 0) is 57.6 Å². The molecule has 0 nitrogen and oxygen atoms in total. The third kappa shape index (κ3) is 2.19. The molecule has 0 heterocycles. The maximum Gasteiger partial charge on any atom is 0.0215 e. The summed E-state index contributed by atoms with van der Waals surface area (Å²) in [5.74, 6) is 0.600. The van der Waals surface area contributed by atoms with Crippen LogP contribution >= 0.6 is 0 Å². The molecule has 2 aliphatic rings. The van der Waals surface area contributed by atoms with Crippen molar-refractivity contribution in [3.05, 3.63) is 58.7 Å². The molecule has 1 saturated carbocycles. The first-order valence-electron chi connectivity index (χ1n) is 9.63. The Balaban J connectivity index is 1.96. The van der Waals surface area contributed by atoms with Crippen LogP contribution in [-0.2, 0) is 10.8 Å². The smallest absolute Gasteiger partial charge is 0.0215 e. The summed E-state index contributed by atoms with van der Waals surface area (Å²) in [6.07, 6.45) is 5.37. The molecule has 24 heavy (non-hydrogen) atoms. The Kier molecular flexibility index (Phi) is 3.46. The van der Waals surface area contributed by atoms with Crippen molar-refractivity contribution >= 4 is 0 Å². The Bertz CT molecular complexity index is 780. The second kappa shape index (κ2) is 5.22. The maximum absolute atomic E-state index is 2.54. The van der Waals surface area contributed by atoms with Gasteiger partial charge < -0.3 is 0 Å². The van der Waals surface area contributed by atoms with Crippen molar-refractivity contribution in [2.75, 3.05) is 0 Å². The van der Waals surface area contributed by atoms with Gasteiger partial charge in [0, 0.05) is 5.41 Å². The minimum absolute atomic E-state index is 0.215. The minimum Gasteiger partial charge on any atom is -0.0587 e. The summed E-state index contributed by atoms with van der Waals surface area (Å²) >= 11 is 0. The Morgan fingerprint density at radius 3 is 2.00 bits per heavy atom. The van der Waals surface area contributed by atoms with Crippen molar-refractivity contribution in [2.45, 2.75) is 77.0 Å². The molecular formula is C24H30. The lowest BCUT2D eigenvalue weighted by Gasteiger charge is -2.29. The minimum atomic E-state index is 0.215. The lowest BCUT2D eigenvalue weighted by atomic mass is 9.74. The molecule has 0 saturated heterocycles. The second-order valence-corrected chi connectivity index (χ2v) is 9.26. The van der Waals surface area contributed by atoms with Crippen LogP contribution in [0.15, 0.2) is 36.4 Å². The molecule has 0 aromatic heterocycles. The van der Waals surface area contributed by atoms with E-state index in [0.29, 0.717) is 5.92 Å². The van der Waals surface area contributed by atoms with Crippen molar-refractivity contribution in [3.8, 4) is 11.1 Å². The molecule has 0 N–H and O–H groups in total. The van der Waals surface area contributed by atoms with E-state index in [0.717, 1.165) is 0 Å². The van der Waals surface area contributed by atoms with E-state index in [-0.39, 0.29) is 10.8 Å². The van der Waals surface area contributed by atoms with Crippen LogP contribution in [0.2, 0.25) is 0 Å². The predicted octanol–water partition coefficient (Wildman–Crippen LogP) is 6.95. The normalized spacial score (nSPS) is 18.2. The predicted molar refractivity (Wildman–Crippen MR) is 104 cm³/mol. The van der Waals surface area contributed by atoms with Crippen LogP contribution in [0.4, 0.5) is 0 Å². The Morgan fingerprint density at radius 1 is 0.833 bits per heavy atom. The molecule has 0 atom stereocenters. The molecule has 1 spiro atoms. The van der Waals surface area contributed by atoms with Crippen LogP contribution in [0.3, 0.4) is 0 Å². The molecular weight excluding hydrogens is 288 g/mol. The van der Waals surface area contributed by atoms with E-state index in [9.17, 15) is 0 Å². The highest BCUT2D eigenvalue weighted by atomic mass is 14.5. The average molecular weight is 319 g/mol. The van der Waals surface area contributed by atoms with E-state index in [1.807, 2.05) is 0 Å². The van der Waals surface area contributed by atoms with E-state index < -0.39 is 0 Å². The van der Waals surface area contributed by atoms with Crippen LogP contribution in [0.25, 0.3) is 11.1 Å². The van der Waals surface area contributed by atoms with Gasteiger partial charge in [0.1, 0.15) is 0 Å². The average Bonchev–Trinajstić information content (AvgIpc) is 3.12. The summed E-state index contributed by atoms with van der Waals surface area (Å²) in [7, 11) is 0. The van der Waals surface area contributed by atoms with Gasteiger partial charge in [0.25, 0.3) is 0 Å². The Morgan fingerprint density at radius 2 is 1.42 bits per heavy atom. The molecule has 0 heteroatoms. The van der Waals surface area contributed by atoms with Gasteiger partial charge in [0.15, 0.2) is 0 Å². The van der Waals surface area contributed by atoms with Crippen molar-refractivity contribution < 1.29 is 0 Å². The second-order valence-electron chi connectivity index (χ2n) is 9.26. The highest BCUT2D eigenvalue weighted by molar-refractivity contribution is 5.82. The first-order chi connectivity index (χ1) is 11.3. The summed E-state index contributed by atoms with van der Waals surface area (Å²) in [6, 6.07) is 14.6. The zero-order chi connectivity index (χ0) is 17.1. The van der Waals surface area contributed by atoms with Crippen LogP contribution in [0.5, 0.6) is 0 Å². The third-order valence-corrected chi connectivity index (χ3v) is 6.37. The first-order valence-corrected chi connectivity index (χ1v) is 9.63. The Hall–Kier alpha value is -1.56. The van der Waals surface area contributed by atoms with Crippen LogP contribution in [0, 0.1) is 0 Å². The molecule has 0 radical (unpaired) electrons. The number of rotatable bonds is 1. The largest absolute Gasteiger partial charge is 0.0587 e. The number of benzene rings is 2. The third-order valence-electron chi connectivity index (χ3n) is 6.37. The summed E-state index contributed by atoms with van der Waals surface area (Å²) in [5, 5.41) is 0. The first kappa shape index (κ1) is 15.9.